The largest absolute Gasteiger partial charge is 0.305 e. The maximum absolute atomic E-state index is 12.7. The van der Waals surface area contributed by atoms with Crippen LogP contribution in [0.25, 0.3) is 5.69 Å². The van der Waals surface area contributed by atoms with Gasteiger partial charge in [-0.05, 0) is 42.8 Å². The number of ketones is 1. The highest BCUT2D eigenvalue weighted by atomic mass is 35.5. The molecule has 6 nitrogen and oxygen atoms in total. The van der Waals surface area contributed by atoms with Crippen LogP contribution in [0, 0.1) is 0 Å². The molecule has 0 radical (unpaired) electrons. The molecule has 0 atom stereocenters. The molecule has 0 saturated heterocycles. The molecule has 2 aromatic carbocycles. The van der Waals surface area contributed by atoms with Gasteiger partial charge >= 0.3 is 0 Å². The summed E-state index contributed by atoms with van der Waals surface area (Å²) >= 11 is 7.36. The molecule has 0 N–H and O–H groups in total. The number of aliphatic imine (C=N–C) groups is 2. The molecule has 3 aromatic rings. The van der Waals surface area contributed by atoms with E-state index >= 15 is 0 Å². The van der Waals surface area contributed by atoms with Crippen LogP contribution in [0.2, 0.25) is 5.02 Å². The molecular weight excluding hydrogens is 418 g/mol. The summed E-state index contributed by atoms with van der Waals surface area (Å²) in [6.45, 7) is 1.61. The van der Waals surface area contributed by atoms with Crippen molar-refractivity contribution in [3.05, 3.63) is 76.9 Å². The number of hydrogen-bond donors (Lipinski definition) is 0. The van der Waals surface area contributed by atoms with Gasteiger partial charge in [-0.25, -0.2) is 9.67 Å². The van der Waals surface area contributed by atoms with Gasteiger partial charge in [0.15, 0.2) is 16.8 Å². The Labute approximate surface area is 183 Å². The molecule has 5 rings (SSSR count). The van der Waals surface area contributed by atoms with E-state index in [1.807, 2.05) is 41.2 Å². The van der Waals surface area contributed by atoms with Crippen molar-refractivity contribution < 1.29 is 4.79 Å². The Morgan fingerprint density at radius 3 is 2.70 bits per heavy atom. The number of amidine groups is 2. The number of para-hydroxylation sites is 1. The summed E-state index contributed by atoms with van der Waals surface area (Å²) < 4.78 is 1.82. The standard InChI is InChI=1S/C22H18ClN5OS/c23-16-9-7-15(8-10-16)19(29)14-30-22-26-21-18(20-24-11-4-12-27(20)22)13-25-28(21)17-5-2-1-3-6-17/h1-3,5-10,13H,4,11-12,14H2. The Morgan fingerprint density at radius 1 is 1.10 bits per heavy atom. The fourth-order valence-electron chi connectivity index (χ4n) is 3.50. The molecule has 2 aliphatic rings. The van der Waals surface area contributed by atoms with E-state index in [2.05, 4.69) is 10.00 Å². The van der Waals surface area contributed by atoms with Crippen LogP contribution in [-0.2, 0) is 0 Å². The first-order chi connectivity index (χ1) is 14.7. The predicted octanol–water partition coefficient (Wildman–Crippen LogP) is 4.60. The summed E-state index contributed by atoms with van der Waals surface area (Å²) in [5.74, 6) is 1.96. The Bertz CT molecular complexity index is 1150. The molecule has 0 bridgehead atoms. The number of benzene rings is 2. The molecule has 30 heavy (non-hydrogen) atoms. The lowest BCUT2D eigenvalue weighted by Crippen LogP contribution is -2.41. The number of carbonyl (C=O) groups is 1. The minimum Gasteiger partial charge on any atom is -0.305 e. The number of thioether (sulfide) groups is 1. The van der Waals surface area contributed by atoms with Crippen molar-refractivity contribution in [2.24, 2.45) is 9.98 Å². The summed E-state index contributed by atoms with van der Waals surface area (Å²) in [5, 5.41) is 5.95. The number of fused-ring (bicyclic) bond motifs is 3. The summed E-state index contributed by atoms with van der Waals surface area (Å²) in [4.78, 5) is 24.4. The van der Waals surface area contributed by atoms with Gasteiger partial charge in [-0.2, -0.15) is 5.10 Å². The zero-order valence-corrected chi connectivity index (χ0v) is 17.6. The van der Waals surface area contributed by atoms with Gasteiger partial charge in [0.1, 0.15) is 5.84 Å². The number of nitrogens with zero attached hydrogens (tertiary/aromatic N) is 5. The van der Waals surface area contributed by atoms with E-state index in [-0.39, 0.29) is 5.78 Å². The van der Waals surface area contributed by atoms with E-state index in [1.54, 1.807) is 24.3 Å². The maximum Gasteiger partial charge on any atom is 0.173 e. The average molecular weight is 436 g/mol. The number of halogens is 1. The first-order valence-electron chi connectivity index (χ1n) is 9.67. The fraction of sp³-hybridized carbons (Fsp3) is 0.182. The van der Waals surface area contributed by atoms with Gasteiger partial charge in [-0.3, -0.25) is 9.79 Å². The monoisotopic (exact) mass is 435 g/mol. The molecular formula is C22H18ClN5OS. The van der Waals surface area contributed by atoms with Crippen LogP contribution >= 0.6 is 23.4 Å². The van der Waals surface area contributed by atoms with Crippen molar-refractivity contribution in [3.8, 4) is 5.69 Å². The van der Waals surface area contributed by atoms with Gasteiger partial charge in [-0.15, -0.1) is 0 Å². The molecule has 0 saturated carbocycles. The zero-order valence-electron chi connectivity index (χ0n) is 16.0. The Morgan fingerprint density at radius 2 is 1.90 bits per heavy atom. The van der Waals surface area contributed by atoms with Crippen LogP contribution in [0.1, 0.15) is 22.3 Å². The SMILES string of the molecule is O=C(CSC1=Nc2c(cnn2-c2ccccc2)C2=NCCCN12)c1ccc(Cl)cc1. The van der Waals surface area contributed by atoms with Gasteiger partial charge in [0.25, 0.3) is 0 Å². The van der Waals surface area contributed by atoms with Gasteiger partial charge in [0.2, 0.25) is 0 Å². The first-order valence-corrected chi connectivity index (χ1v) is 11.0. The molecule has 0 fully saturated rings. The van der Waals surface area contributed by atoms with Gasteiger partial charge in [0, 0.05) is 23.7 Å². The topological polar surface area (TPSA) is 62.9 Å². The zero-order chi connectivity index (χ0) is 20.5. The molecule has 8 heteroatoms. The molecule has 0 spiro atoms. The van der Waals surface area contributed by atoms with E-state index < -0.39 is 0 Å². The van der Waals surface area contributed by atoms with E-state index in [0.717, 1.165) is 47.6 Å². The molecule has 0 amide bonds. The predicted molar refractivity (Wildman–Crippen MR) is 122 cm³/mol. The lowest BCUT2D eigenvalue weighted by Gasteiger charge is -2.32. The highest BCUT2D eigenvalue weighted by Crippen LogP contribution is 2.33. The average Bonchev–Trinajstić information content (AvgIpc) is 3.22. The Hall–Kier alpha value is -2.90. The molecule has 150 valence electrons. The summed E-state index contributed by atoms with van der Waals surface area (Å²) in [6, 6.07) is 16.9. The van der Waals surface area contributed by atoms with E-state index in [1.165, 1.54) is 11.8 Å². The van der Waals surface area contributed by atoms with Crippen LogP contribution in [0.3, 0.4) is 0 Å². The Kier molecular flexibility index (Phi) is 5.14. The Balaban J connectivity index is 1.47. The first kappa shape index (κ1) is 19.1. The number of aromatic nitrogens is 2. The van der Waals surface area contributed by atoms with Gasteiger partial charge in [-0.1, -0.05) is 41.6 Å². The molecule has 3 heterocycles. The van der Waals surface area contributed by atoms with Crippen LogP contribution in [0.5, 0.6) is 0 Å². The van der Waals surface area contributed by atoms with E-state index in [0.29, 0.717) is 16.3 Å². The summed E-state index contributed by atoms with van der Waals surface area (Å²) in [6.07, 6.45) is 2.78. The third-order valence-corrected chi connectivity index (χ3v) is 6.20. The number of carbonyl (C=O) groups excluding carboxylic acids is 1. The van der Waals surface area contributed by atoms with Crippen LogP contribution < -0.4 is 0 Å². The summed E-state index contributed by atoms with van der Waals surface area (Å²) in [7, 11) is 0. The highest BCUT2D eigenvalue weighted by molar-refractivity contribution is 8.14. The smallest absolute Gasteiger partial charge is 0.173 e. The quantitative estimate of drug-likeness (QED) is 0.562. The highest BCUT2D eigenvalue weighted by Gasteiger charge is 2.31. The number of rotatable bonds is 4. The van der Waals surface area contributed by atoms with Crippen LogP contribution in [-0.4, -0.2) is 50.3 Å². The van der Waals surface area contributed by atoms with Crippen molar-refractivity contribution in [2.75, 3.05) is 18.8 Å². The second-order valence-corrected chi connectivity index (χ2v) is 8.33. The molecule has 0 aliphatic carbocycles. The van der Waals surface area contributed by atoms with Crippen molar-refractivity contribution >= 4 is 46.0 Å². The molecule has 0 unspecified atom stereocenters. The lowest BCUT2D eigenvalue weighted by molar-refractivity contribution is 0.102. The fourth-order valence-corrected chi connectivity index (χ4v) is 4.54. The minimum atomic E-state index is 0.0391. The lowest BCUT2D eigenvalue weighted by atomic mass is 10.1. The third kappa shape index (κ3) is 3.55. The second kappa shape index (κ2) is 8.08. The van der Waals surface area contributed by atoms with Crippen LogP contribution in [0.15, 0.2) is 70.8 Å². The van der Waals surface area contributed by atoms with Crippen molar-refractivity contribution in [1.29, 1.82) is 0 Å². The molecule has 1 aromatic heterocycles. The van der Waals surface area contributed by atoms with Crippen molar-refractivity contribution in [2.45, 2.75) is 6.42 Å². The van der Waals surface area contributed by atoms with Crippen molar-refractivity contribution in [3.63, 3.8) is 0 Å². The van der Waals surface area contributed by atoms with Gasteiger partial charge in [0.05, 0.1) is 23.2 Å². The second-order valence-electron chi connectivity index (χ2n) is 6.95. The van der Waals surface area contributed by atoms with E-state index in [4.69, 9.17) is 21.6 Å². The number of hydrogen-bond acceptors (Lipinski definition) is 6. The van der Waals surface area contributed by atoms with Crippen LogP contribution in [0.4, 0.5) is 5.82 Å². The van der Waals surface area contributed by atoms with Crippen molar-refractivity contribution in [1.82, 2.24) is 14.7 Å². The third-order valence-electron chi connectivity index (χ3n) is 4.97. The molecule has 2 aliphatic heterocycles. The van der Waals surface area contributed by atoms with Gasteiger partial charge < -0.3 is 4.90 Å². The minimum absolute atomic E-state index is 0.0391. The number of Topliss-reactive ketones (excluding diaryl/α,β-unsaturated/α-hetero) is 1. The summed E-state index contributed by atoms with van der Waals surface area (Å²) in [5.41, 5.74) is 2.51. The normalized spacial score (nSPS) is 15.2. The van der Waals surface area contributed by atoms with E-state index in [9.17, 15) is 4.79 Å². The maximum atomic E-state index is 12.7.